The number of nitrogens with zero attached hydrogens (tertiary/aromatic N) is 2. The van der Waals surface area contributed by atoms with Crippen molar-refractivity contribution in [2.45, 2.75) is 19.5 Å². The van der Waals surface area contributed by atoms with Gasteiger partial charge in [-0.1, -0.05) is 0 Å². The first-order valence-electron chi connectivity index (χ1n) is 7.80. The van der Waals surface area contributed by atoms with Crippen molar-refractivity contribution in [2.24, 2.45) is 0 Å². The third-order valence-electron chi connectivity index (χ3n) is 4.32. The van der Waals surface area contributed by atoms with Gasteiger partial charge in [0, 0.05) is 34.9 Å². The van der Waals surface area contributed by atoms with Crippen LogP contribution in [0, 0.1) is 23.0 Å². The first-order chi connectivity index (χ1) is 13.0. The molecule has 1 aromatic heterocycles. The van der Waals surface area contributed by atoms with Crippen LogP contribution in [0.4, 0.5) is 22.0 Å². The van der Waals surface area contributed by atoms with Crippen molar-refractivity contribution in [1.29, 1.82) is 5.26 Å². The van der Waals surface area contributed by atoms with E-state index in [1.54, 1.807) is 0 Å². The molecule has 2 aromatic rings. The zero-order chi connectivity index (χ0) is 20.8. The minimum Gasteiger partial charge on any atom is -0.289 e. The SMILES string of the molecule is CC1=C(Cc2ccc(C(F)(F)F)c(C#N)n2)C(=O)c2cc(F)cc(F)c2C1=O. The minimum atomic E-state index is -4.78. The highest BCUT2D eigenvalue weighted by Gasteiger charge is 2.36. The van der Waals surface area contributed by atoms with Crippen LogP contribution in [0.25, 0.3) is 0 Å². The first kappa shape index (κ1) is 19.4. The number of hydrogen-bond donors (Lipinski definition) is 0. The summed E-state index contributed by atoms with van der Waals surface area (Å²) in [7, 11) is 0. The molecule has 1 aliphatic carbocycles. The van der Waals surface area contributed by atoms with Gasteiger partial charge in [0.05, 0.1) is 11.1 Å². The number of nitriles is 1. The molecule has 142 valence electrons. The second kappa shape index (κ2) is 6.64. The summed E-state index contributed by atoms with van der Waals surface area (Å²) >= 11 is 0. The monoisotopic (exact) mass is 392 g/mol. The average molecular weight is 392 g/mol. The Labute approximate surface area is 154 Å². The number of fused-ring (bicyclic) bond motifs is 1. The zero-order valence-corrected chi connectivity index (χ0v) is 14.1. The summed E-state index contributed by atoms with van der Waals surface area (Å²) < 4.78 is 66.1. The summed E-state index contributed by atoms with van der Waals surface area (Å²) in [5.74, 6) is -3.87. The highest BCUT2D eigenvalue weighted by atomic mass is 19.4. The highest BCUT2D eigenvalue weighted by molar-refractivity contribution is 6.26. The van der Waals surface area contributed by atoms with Gasteiger partial charge in [-0.2, -0.15) is 18.4 Å². The van der Waals surface area contributed by atoms with Crippen LogP contribution in [0.2, 0.25) is 0 Å². The van der Waals surface area contributed by atoms with Crippen molar-refractivity contribution in [1.82, 2.24) is 4.98 Å². The Morgan fingerprint density at radius 2 is 1.79 bits per heavy atom. The number of carbonyl (C=O) groups excluding carboxylic acids is 2. The summed E-state index contributed by atoms with van der Waals surface area (Å²) in [6.07, 6.45) is -5.16. The minimum absolute atomic E-state index is 0.0691. The van der Waals surface area contributed by atoms with Gasteiger partial charge in [-0.05, 0) is 25.1 Å². The van der Waals surface area contributed by atoms with Crippen LogP contribution >= 0.6 is 0 Å². The first-order valence-corrected chi connectivity index (χ1v) is 7.80. The molecule has 0 unspecified atom stereocenters. The topological polar surface area (TPSA) is 70.8 Å². The molecule has 0 bridgehead atoms. The lowest BCUT2D eigenvalue weighted by Gasteiger charge is -2.19. The summed E-state index contributed by atoms with van der Waals surface area (Å²) in [6, 6.07) is 4.18. The Morgan fingerprint density at radius 3 is 2.39 bits per heavy atom. The molecule has 0 amide bonds. The van der Waals surface area contributed by atoms with Crippen molar-refractivity contribution in [2.75, 3.05) is 0 Å². The summed E-state index contributed by atoms with van der Waals surface area (Å²) in [6.45, 7) is 1.26. The van der Waals surface area contributed by atoms with E-state index in [-0.39, 0.29) is 23.3 Å². The third-order valence-corrected chi connectivity index (χ3v) is 4.32. The molecule has 4 nitrogen and oxygen atoms in total. The van der Waals surface area contributed by atoms with Crippen LogP contribution in [0.1, 0.15) is 44.6 Å². The summed E-state index contributed by atoms with van der Waals surface area (Å²) in [4.78, 5) is 28.7. The van der Waals surface area contributed by atoms with Crippen molar-refractivity contribution >= 4 is 11.6 Å². The van der Waals surface area contributed by atoms with Gasteiger partial charge in [0.1, 0.15) is 17.7 Å². The highest BCUT2D eigenvalue weighted by Crippen LogP contribution is 2.33. The number of rotatable bonds is 2. The number of allylic oxidation sites excluding steroid dienone is 2. The number of halogens is 5. The summed E-state index contributed by atoms with van der Waals surface area (Å²) in [5.41, 5.74) is -3.47. The maximum Gasteiger partial charge on any atom is 0.419 e. The lowest BCUT2D eigenvalue weighted by Crippen LogP contribution is -2.24. The van der Waals surface area contributed by atoms with Crippen LogP contribution in [0.3, 0.4) is 0 Å². The van der Waals surface area contributed by atoms with Gasteiger partial charge >= 0.3 is 6.18 Å². The number of carbonyl (C=O) groups is 2. The van der Waals surface area contributed by atoms with Crippen LogP contribution in [0.15, 0.2) is 35.4 Å². The van der Waals surface area contributed by atoms with Gasteiger partial charge in [-0.3, -0.25) is 9.59 Å². The quantitative estimate of drug-likeness (QED) is 0.719. The fourth-order valence-electron chi connectivity index (χ4n) is 2.95. The van der Waals surface area contributed by atoms with Crippen LogP contribution in [-0.2, 0) is 12.6 Å². The molecule has 0 radical (unpaired) electrons. The molecule has 0 aliphatic heterocycles. The van der Waals surface area contributed by atoms with Crippen molar-refractivity contribution in [3.63, 3.8) is 0 Å². The molecule has 1 aliphatic rings. The number of hydrogen-bond acceptors (Lipinski definition) is 4. The van der Waals surface area contributed by atoms with E-state index in [9.17, 15) is 31.5 Å². The zero-order valence-electron chi connectivity index (χ0n) is 14.1. The Balaban J connectivity index is 2.06. The van der Waals surface area contributed by atoms with E-state index in [1.807, 2.05) is 0 Å². The molecule has 9 heteroatoms. The molecular formula is C19H9F5N2O2. The Kier molecular flexibility index (Phi) is 4.59. The Bertz CT molecular complexity index is 1110. The molecule has 0 saturated heterocycles. The molecule has 1 heterocycles. The summed E-state index contributed by atoms with van der Waals surface area (Å²) in [5, 5.41) is 8.92. The van der Waals surface area contributed by atoms with E-state index in [2.05, 4.69) is 4.98 Å². The third kappa shape index (κ3) is 3.17. The van der Waals surface area contributed by atoms with Gasteiger partial charge in [-0.25, -0.2) is 13.8 Å². The predicted octanol–water partition coefficient (Wildman–Crippen LogP) is 4.19. The fraction of sp³-hybridized carbons (Fsp3) is 0.158. The molecule has 0 fully saturated rings. The van der Waals surface area contributed by atoms with E-state index in [0.29, 0.717) is 12.1 Å². The molecule has 3 rings (SSSR count). The normalized spacial score (nSPS) is 14.2. The number of Topliss-reactive ketones (excluding diaryl/α,β-unsaturated/α-hetero) is 2. The maximum absolute atomic E-state index is 13.9. The Hall–Kier alpha value is -3.41. The van der Waals surface area contributed by atoms with E-state index in [0.717, 1.165) is 12.1 Å². The number of pyridine rings is 1. The molecule has 0 saturated carbocycles. The van der Waals surface area contributed by atoms with Gasteiger partial charge < -0.3 is 0 Å². The second-order valence-corrected chi connectivity index (χ2v) is 6.06. The molecule has 0 N–H and O–H groups in total. The van der Waals surface area contributed by atoms with E-state index in [1.165, 1.54) is 13.0 Å². The van der Waals surface area contributed by atoms with E-state index < -0.39 is 51.8 Å². The predicted molar refractivity (Wildman–Crippen MR) is 85.4 cm³/mol. The molecule has 0 atom stereocenters. The number of benzene rings is 1. The smallest absolute Gasteiger partial charge is 0.289 e. The van der Waals surface area contributed by atoms with Crippen molar-refractivity contribution in [3.8, 4) is 6.07 Å². The maximum atomic E-state index is 13.9. The largest absolute Gasteiger partial charge is 0.419 e. The van der Waals surface area contributed by atoms with Gasteiger partial charge in [0.25, 0.3) is 0 Å². The standard InChI is InChI=1S/C19H9F5N2O2/c1-8-11(6-10-2-3-13(19(22,23)24)15(7-25)26-10)18(28)12-4-9(20)5-14(21)16(12)17(8)27/h2-5H,6H2,1H3. The van der Waals surface area contributed by atoms with Crippen LogP contribution < -0.4 is 0 Å². The molecule has 1 aromatic carbocycles. The fourth-order valence-corrected chi connectivity index (χ4v) is 2.95. The van der Waals surface area contributed by atoms with E-state index in [4.69, 9.17) is 5.26 Å². The van der Waals surface area contributed by atoms with Crippen molar-refractivity contribution in [3.05, 3.63) is 75.1 Å². The second-order valence-electron chi connectivity index (χ2n) is 6.06. The number of ketones is 2. The number of aromatic nitrogens is 1. The molecule has 0 spiro atoms. The van der Waals surface area contributed by atoms with Crippen LogP contribution in [-0.4, -0.2) is 16.6 Å². The lowest BCUT2D eigenvalue weighted by molar-refractivity contribution is -0.138. The van der Waals surface area contributed by atoms with Gasteiger partial charge in [-0.15, -0.1) is 0 Å². The lowest BCUT2D eigenvalue weighted by atomic mass is 9.82. The van der Waals surface area contributed by atoms with E-state index >= 15 is 0 Å². The van der Waals surface area contributed by atoms with Gasteiger partial charge in [0.15, 0.2) is 17.3 Å². The molecular weight excluding hydrogens is 383 g/mol. The van der Waals surface area contributed by atoms with Gasteiger partial charge in [0.2, 0.25) is 0 Å². The number of alkyl halides is 3. The Morgan fingerprint density at radius 1 is 1.11 bits per heavy atom. The van der Waals surface area contributed by atoms with Crippen LogP contribution in [0.5, 0.6) is 0 Å². The van der Waals surface area contributed by atoms with Crippen molar-refractivity contribution < 1.29 is 31.5 Å². The average Bonchev–Trinajstić information content (AvgIpc) is 2.61. The molecule has 28 heavy (non-hydrogen) atoms.